The molecule has 0 fully saturated rings. The van der Waals surface area contributed by atoms with Crippen LogP contribution in [0.5, 0.6) is 0 Å². The molecule has 0 radical (unpaired) electrons. The van der Waals surface area contributed by atoms with Crippen molar-refractivity contribution in [1.82, 2.24) is 5.32 Å². The van der Waals surface area contributed by atoms with E-state index in [4.69, 9.17) is 4.74 Å². The molecule has 1 aromatic heterocycles. The second-order valence-electron chi connectivity index (χ2n) is 2.59. The SMILES string of the molecule is CCOC(=O)c1ccsc1NC(=O)NC. The molecule has 0 saturated heterocycles. The zero-order chi connectivity index (χ0) is 11.3. The minimum Gasteiger partial charge on any atom is -0.462 e. The Bertz CT molecular complexity index is 362. The van der Waals surface area contributed by atoms with Crippen LogP contribution < -0.4 is 10.6 Å². The van der Waals surface area contributed by atoms with Crippen LogP contribution in [0.15, 0.2) is 11.4 Å². The van der Waals surface area contributed by atoms with Crippen LogP contribution in [0.25, 0.3) is 0 Å². The summed E-state index contributed by atoms with van der Waals surface area (Å²) in [5.41, 5.74) is 0.380. The van der Waals surface area contributed by atoms with Crippen molar-refractivity contribution >= 4 is 28.3 Å². The van der Waals surface area contributed by atoms with Crippen LogP contribution in [0, 0.1) is 0 Å². The van der Waals surface area contributed by atoms with Crippen LogP contribution in [0.2, 0.25) is 0 Å². The lowest BCUT2D eigenvalue weighted by molar-refractivity contribution is 0.0528. The maximum absolute atomic E-state index is 11.4. The summed E-state index contributed by atoms with van der Waals surface area (Å²) in [5.74, 6) is -0.426. The van der Waals surface area contributed by atoms with E-state index in [2.05, 4.69) is 10.6 Å². The quantitative estimate of drug-likeness (QED) is 0.773. The highest BCUT2D eigenvalue weighted by atomic mass is 32.1. The first-order chi connectivity index (χ1) is 7.19. The Labute approximate surface area is 91.4 Å². The van der Waals surface area contributed by atoms with Gasteiger partial charge in [-0.15, -0.1) is 11.3 Å². The highest BCUT2D eigenvalue weighted by molar-refractivity contribution is 7.14. The van der Waals surface area contributed by atoms with E-state index in [-0.39, 0.29) is 6.03 Å². The number of thiophene rings is 1. The molecule has 2 N–H and O–H groups in total. The van der Waals surface area contributed by atoms with E-state index >= 15 is 0 Å². The minimum absolute atomic E-state index is 0.314. The predicted molar refractivity (Wildman–Crippen MR) is 58.4 cm³/mol. The summed E-state index contributed by atoms with van der Waals surface area (Å²) >= 11 is 1.27. The van der Waals surface area contributed by atoms with Crippen molar-refractivity contribution in [2.45, 2.75) is 6.92 Å². The predicted octanol–water partition coefficient (Wildman–Crippen LogP) is 1.68. The number of carbonyl (C=O) groups excluding carboxylic acids is 2. The number of amides is 2. The molecule has 0 saturated carbocycles. The number of anilines is 1. The van der Waals surface area contributed by atoms with E-state index < -0.39 is 5.97 Å². The topological polar surface area (TPSA) is 67.4 Å². The fourth-order valence-corrected chi connectivity index (χ4v) is 1.71. The van der Waals surface area contributed by atoms with Gasteiger partial charge in [-0.05, 0) is 18.4 Å². The number of esters is 1. The van der Waals surface area contributed by atoms with Crippen LogP contribution >= 0.6 is 11.3 Å². The monoisotopic (exact) mass is 228 g/mol. The average Bonchev–Trinajstić information content (AvgIpc) is 2.66. The molecule has 0 aromatic carbocycles. The van der Waals surface area contributed by atoms with Gasteiger partial charge in [0.2, 0.25) is 0 Å². The Morgan fingerprint density at radius 2 is 2.27 bits per heavy atom. The van der Waals surface area contributed by atoms with Crippen LogP contribution in [0.3, 0.4) is 0 Å². The Balaban J connectivity index is 2.77. The number of urea groups is 1. The summed E-state index contributed by atoms with van der Waals surface area (Å²) in [6, 6.07) is 1.26. The van der Waals surface area contributed by atoms with E-state index in [1.807, 2.05) is 0 Å². The van der Waals surface area contributed by atoms with Gasteiger partial charge < -0.3 is 10.1 Å². The van der Waals surface area contributed by atoms with Crippen molar-refractivity contribution in [2.24, 2.45) is 0 Å². The van der Waals surface area contributed by atoms with Gasteiger partial charge in [0.15, 0.2) is 0 Å². The molecule has 1 rings (SSSR count). The Kier molecular flexibility index (Phi) is 4.11. The number of rotatable bonds is 3. The summed E-state index contributed by atoms with van der Waals surface area (Å²) < 4.78 is 4.84. The molecule has 0 atom stereocenters. The van der Waals surface area contributed by atoms with Crippen LogP contribution in [0.4, 0.5) is 9.80 Å². The Morgan fingerprint density at radius 1 is 1.53 bits per heavy atom. The summed E-state index contributed by atoms with van der Waals surface area (Å²) in [6.45, 7) is 2.05. The molecule has 0 bridgehead atoms. The highest BCUT2D eigenvalue weighted by Gasteiger charge is 2.14. The first-order valence-corrected chi connectivity index (χ1v) is 5.30. The lowest BCUT2D eigenvalue weighted by Gasteiger charge is -2.04. The van der Waals surface area contributed by atoms with Gasteiger partial charge in [-0.3, -0.25) is 5.32 Å². The highest BCUT2D eigenvalue weighted by Crippen LogP contribution is 2.23. The van der Waals surface area contributed by atoms with Gasteiger partial charge in [0.25, 0.3) is 0 Å². The molecule has 1 heterocycles. The molecule has 15 heavy (non-hydrogen) atoms. The Hall–Kier alpha value is -1.56. The zero-order valence-corrected chi connectivity index (χ0v) is 9.31. The lowest BCUT2D eigenvalue weighted by atomic mass is 10.3. The van der Waals surface area contributed by atoms with Crippen LogP contribution in [0.1, 0.15) is 17.3 Å². The fourth-order valence-electron chi connectivity index (χ4n) is 0.941. The number of ether oxygens (including phenoxy) is 1. The summed E-state index contributed by atoms with van der Waals surface area (Å²) in [5, 5.41) is 7.17. The van der Waals surface area contributed by atoms with Gasteiger partial charge >= 0.3 is 12.0 Å². The average molecular weight is 228 g/mol. The van der Waals surface area contributed by atoms with Crippen molar-refractivity contribution in [3.8, 4) is 0 Å². The van der Waals surface area contributed by atoms with Crippen molar-refractivity contribution in [3.05, 3.63) is 17.0 Å². The molecule has 5 nitrogen and oxygen atoms in total. The third-order valence-corrected chi connectivity index (χ3v) is 2.44. The molecule has 0 aliphatic carbocycles. The number of nitrogens with one attached hydrogen (secondary N) is 2. The van der Waals surface area contributed by atoms with Gasteiger partial charge in [0.05, 0.1) is 12.2 Å². The molecular weight excluding hydrogens is 216 g/mol. The first kappa shape index (κ1) is 11.5. The zero-order valence-electron chi connectivity index (χ0n) is 8.49. The van der Waals surface area contributed by atoms with Gasteiger partial charge in [-0.1, -0.05) is 0 Å². The van der Waals surface area contributed by atoms with Crippen LogP contribution in [-0.4, -0.2) is 25.7 Å². The van der Waals surface area contributed by atoms with Crippen molar-refractivity contribution in [3.63, 3.8) is 0 Å². The lowest BCUT2D eigenvalue weighted by Crippen LogP contribution is -2.24. The van der Waals surface area contributed by atoms with Gasteiger partial charge in [-0.2, -0.15) is 0 Å². The van der Waals surface area contributed by atoms with Gasteiger partial charge in [0.1, 0.15) is 5.00 Å². The van der Waals surface area contributed by atoms with E-state index in [0.717, 1.165) is 0 Å². The Morgan fingerprint density at radius 3 is 2.87 bits per heavy atom. The number of hydrogen-bond acceptors (Lipinski definition) is 4. The smallest absolute Gasteiger partial charge is 0.341 e. The molecule has 2 amide bonds. The molecule has 0 aliphatic heterocycles. The molecule has 1 aromatic rings. The van der Waals surface area contributed by atoms with E-state index in [0.29, 0.717) is 17.2 Å². The summed E-state index contributed by atoms with van der Waals surface area (Å²) in [6.07, 6.45) is 0. The first-order valence-electron chi connectivity index (χ1n) is 4.42. The normalized spacial score (nSPS) is 9.47. The van der Waals surface area contributed by atoms with Crippen LogP contribution in [-0.2, 0) is 4.74 Å². The minimum atomic E-state index is -0.426. The molecule has 6 heteroatoms. The maximum Gasteiger partial charge on any atom is 0.341 e. The summed E-state index contributed by atoms with van der Waals surface area (Å²) in [4.78, 5) is 22.5. The molecular formula is C9H12N2O3S. The largest absolute Gasteiger partial charge is 0.462 e. The van der Waals surface area contributed by atoms with Crippen molar-refractivity contribution in [1.29, 1.82) is 0 Å². The second kappa shape index (κ2) is 5.35. The van der Waals surface area contributed by atoms with Crippen molar-refractivity contribution < 1.29 is 14.3 Å². The van der Waals surface area contributed by atoms with E-state index in [1.54, 1.807) is 18.4 Å². The second-order valence-corrected chi connectivity index (χ2v) is 3.50. The van der Waals surface area contributed by atoms with E-state index in [9.17, 15) is 9.59 Å². The summed E-state index contributed by atoms with van der Waals surface area (Å²) in [7, 11) is 1.51. The van der Waals surface area contributed by atoms with Gasteiger partial charge in [0, 0.05) is 7.05 Å². The maximum atomic E-state index is 11.4. The standard InChI is InChI=1S/C9H12N2O3S/c1-3-14-8(12)6-4-5-15-7(6)11-9(13)10-2/h4-5H,3H2,1-2H3,(H2,10,11,13). The molecule has 0 aliphatic rings. The van der Waals surface area contributed by atoms with Gasteiger partial charge in [-0.25, -0.2) is 9.59 Å². The fraction of sp³-hybridized carbons (Fsp3) is 0.333. The number of hydrogen-bond donors (Lipinski definition) is 2. The number of carbonyl (C=O) groups is 2. The van der Waals surface area contributed by atoms with E-state index in [1.165, 1.54) is 18.4 Å². The molecule has 82 valence electrons. The third kappa shape index (κ3) is 2.95. The molecule has 0 spiro atoms. The van der Waals surface area contributed by atoms with Crippen molar-refractivity contribution in [2.75, 3.05) is 19.0 Å². The third-order valence-electron chi connectivity index (χ3n) is 1.61. The molecule has 0 unspecified atom stereocenters.